The fourth-order valence-electron chi connectivity index (χ4n) is 7.89. The molecule has 1 aliphatic rings. The molecule has 0 radical (unpaired) electrons. The zero-order chi connectivity index (χ0) is 33.0. The van der Waals surface area contributed by atoms with E-state index in [1.807, 2.05) is 12.1 Å². The topological polar surface area (TPSA) is 30.7 Å². The van der Waals surface area contributed by atoms with Crippen LogP contribution in [0.25, 0.3) is 72.5 Å². The first-order valence-electron chi connectivity index (χ1n) is 17.1. The highest BCUT2D eigenvalue weighted by atomic mass is 15.0. The molecule has 3 heteroatoms. The molecule has 0 unspecified atom stereocenters. The Kier molecular flexibility index (Phi) is 6.56. The fraction of sp³-hybridized carbons (Fsp3) is 0.0213. The van der Waals surface area contributed by atoms with E-state index in [-0.39, 0.29) is 5.92 Å². The predicted octanol–water partition coefficient (Wildman–Crippen LogP) is 11.7. The van der Waals surface area contributed by atoms with Gasteiger partial charge in [-0.05, 0) is 58.1 Å². The highest BCUT2D eigenvalue weighted by Crippen LogP contribution is 2.49. The van der Waals surface area contributed by atoms with Gasteiger partial charge in [-0.15, -0.1) is 0 Å². The highest BCUT2D eigenvalue weighted by molar-refractivity contribution is 6.09. The Bertz CT molecular complexity index is 2550. The average molecular weight is 638 g/mol. The molecule has 1 aliphatic carbocycles. The Morgan fingerprint density at radius 3 is 1.44 bits per heavy atom. The van der Waals surface area contributed by atoms with Crippen LogP contribution in [0.4, 0.5) is 0 Å². The molecule has 0 spiro atoms. The van der Waals surface area contributed by atoms with Crippen molar-refractivity contribution < 1.29 is 0 Å². The van der Waals surface area contributed by atoms with Crippen LogP contribution in [0.1, 0.15) is 22.6 Å². The van der Waals surface area contributed by atoms with Gasteiger partial charge in [-0.25, -0.2) is 9.97 Å². The number of fused-ring (bicyclic) bond motifs is 6. The molecule has 10 rings (SSSR count). The summed E-state index contributed by atoms with van der Waals surface area (Å²) in [5.74, 6) is 0.794. The summed E-state index contributed by atoms with van der Waals surface area (Å²) in [6.07, 6.45) is 0. The Balaban J connectivity index is 1.29. The first-order chi connectivity index (χ1) is 24.8. The van der Waals surface area contributed by atoms with Crippen LogP contribution in [-0.4, -0.2) is 14.5 Å². The largest absolute Gasteiger partial charge is 0.309 e. The smallest absolute Gasteiger partial charge is 0.162 e. The molecule has 0 N–H and O–H groups in total. The van der Waals surface area contributed by atoms with Gasteiger partial charge < -0.3 is 4.57 Å². The number of hydrogen-bond acceptors (Lipinski definition) is 2. The lowest BCUT2D eigenvalue weighted by Gasteiger charge is -2.20. The summed E-state index contributed by atoms with van der Waals surface area (Å²) in [7, 11) is 0. The molecule has 0 aliphatic heterocycles. The van der Waals surface area contributed by atoms with Gasteiger partial charge in [0, 0.05) is 33.4 Å². The summed E-state index contributed by atoms with van der Waals surface area (Å²) in [5, 5.41) is 2.45. The molecule has 50 heavy (non-hydrogen) atoms. The van der Waals surface area contributed by atoms with Crippen molar-refractivity contribution in [2.24, 2.45) is 0 Å². The molecule has 0 atom stereocenters. The Morgan fingerprint density at radius 1 is 0.400 bits per heavy atom. The molecule has 0 amide bonds. The van der Waals surface area contributed by atoms with Crippen LogP contribution in [0.2, 0.25) is 0 Å². The molecule has 234 valence electrons. The number of benzene rings is 7. The van der Waals surface area contributed by atoms with Crippen molar-refractivity contribution in [1.82, 2.24) is 14.5 Å². The third-order valence-corrected chi connectivity index (χ3v) is 10.1. The first-order valence-corrected chi connectivity index (χ1v) is 17.1. The van der Waals surface area contributed by atoms with Crippen molar-refractivity contribution in [1.29, 1.82) is 0 Å². The SMILES string of the molecule is c1ccc(-c2cc(-c3ccccc3)nc(-c3cc(C4c5ccccc5-c5ccccc54)ccc3-n3c4ccccc4c4ccccc43)n2)cc1. The van der Waals surface area contributed by atoms with E-state index in [4.69, 9.17) is 9.97 Å². The van der Waals surface area contributed by atoms with Crippen LogP contribution in [0.15, 0.2) is 182 Å². The van der Waals surface area contributed by atoms with Crippen molar-refractivity contribution in [2.45, 2.75) is 5.92 Å². The molecular formula is C47H31N3. The summed E-state index contributed by atoms with van der Waals surface area (Å²) < 4.78 is 2.39. The Hall–Kier alpha value is -6.58. The van der Waals surface area contributed by atoms with E-state index >= 15 is 0 Å². The lowest BCUT2D eigenvalue weighted by Crippen LogP contribution is -2.05. The molecule has 0 bridgehead atoms. The second-order valence-electron chi connectivity index (χ2n) is 12.9. The van der Waals surface area contributed by atoms with Crippen molar-refractivity contribution in [3.63, 3.8) is 0 Å². The number of nitrogens with zero attached hydrogens (tertiary/aromatic N) is 3. The molecule has 0 fully saturated rings. The molecule has 9 aromatic rings. The Labute approximate surface area is 290 Å². The molecule has 7 aromatic carbocycles. The third-order valence-electron chi connectivity index (χ3n) is 10.1. The fourth-order valence-corrected chi connectivity index (χ4v) is 7.89. The number of rotatable bonds is 5. The van der Waals surface area contributed by atoms with Crippen LogP contribution < -0.4 is 0 Å². The quantitative estimate of drug-likeness (QED) is 0.188. The summed E-state index contributed by atoms with van der Waals surface area (Å²) in [5.41, 5.74) is 14.7. The third kappa shape index (κ3) is 4.52. The number of aromatic nitrogens is 3. The van der Waals surface area contributed by atoms with Gasteiger partial charge in [-0.3, -0.25) is 0 Å². The van der Waals surface area contributed by atoms with E-state index in [0.29, 0.717) is 5.82 Å². The molecule has 2 aromatic heterocycles. The second-order valence-corrected chi connectivity index (χ2v) is 12.9. The summed E-state index contributed by atoms with van der Waals surface area (Å²) in [6.45, 7) is 0. The minimum atomic E-state index is 0.0965. The van der Waals surface area contributed by atoms with Gasteiger partial charge >= 0.3 is 0 Å². The Morgan fingerprint density at radius 2 is 0.880 bits per heavy atom. The first kappa shape index (κ1) is 28.4. The van der Waals surface area contributed by atoms with E-state index in [0.717, 1.165) is 44.8 Å². The molecule has 3 nitrogen and oxygen atoms in total. The van der Waals surface area contributed by atoms with E-state index in [1.165, 1.54) is 38.6 Å². The van der Waals surface area contributed by atoms with Crippen molar-refractivity contribution in [3.8, 4) is 50.7 Å². The lowest BCUT2D eigenvalue weighted by atomic mass is 9.88. The van der Waals surface area contributed by atoms with Crippen molar-refractivity contribution in [2.75, 3.05) is 0 Å². The van der Waals surface area contributed by atoms with Gasteiger partial charge in [0.05, 0.1) is 28.1 Å². The molecule has 0 saturated carbocycles. The minimum absolute atomic E-state index is 0.0965. The lowest BCUT2D eigenvalue weighted by molar-refractivity contribution is 1.01. The van der Waals surface area contributed by atoms with Crippen LogP contribution in [-0.2, 0) is 0 Å². The maximum atomic E-state index is 5.36. The van der Waals surface area contributed by atoms with Gasteiger partial charge in [-0.1, -0.05) is 152 Å². The molecular weight excluding hydrogens is 607 g/mol. The number of hydrogen-bond donors (Lipinski definition) is 0. The van der Waals surface area contributed by atoms with Gasteiger partial charge in [0.25, 0.3) is 0 Å². The normalized spacial score (nSPS) is 12.3. The van der Waals surface area contributed by atoms with Crippen molar-refractivity contribution >= 4 is 21.8 Å². The van der Waals surface area contributed by atoms with Crippen LogP contribution in [0.5, 0.6) is 0 Å². The van der Waals surface area contributed by atoms with Gasteiger partial charge in [0.1, 0.15) is 0 Å². The summed E-state index contributed by atoms with van der Waals surface area (Å²) in [6, 6.07) is 64.9. The standard InChI is InChI=1S/C47H31N3/c1-3-15-31(16-4-1)41-30-42(32-17-5-2-6-18-32)49-47(48-41)40-29-33(46-38-23-9-7-19-34(38)35-20-8-10-24-39(35)46)27-28-45(40)50-43-25-13-11-21-36(43)37-22-12-14-26-44(37)50/h1-30,46H. The maximum absolute atomic E-state index is 5.36. The van der Waals surface area contributed by atoms with Gasteiger partial charge in [0.15, 0.2) is 5.82 Å². The van der Waals surface area contributed by atoms with Crippen molar-refractivity contribution in [3.05, 3.63) is 199 Å². The predicted molar refractivity (Wildman–Crippen MR) is 206 cm³/mol. The average Bonchev–Trinajstić information content (AvgIpc) is 3.71. The van der Waals surface area contributed by atoms with E-state index in [9.17, 15) is 0 Å². The zero-order valence-corrected chi connectivity index (χ0v) is 27.2. The zero-order valence-electron chi connectivity index (χ0n) is 27.2. The van der Waals surface area contributed by atoms with E-state index in [1.54, 1.807) is 0 Å². The van der Waals surface area contributed by atoms with Crippen LogP contribution in [0, 0.1) is 0 Å². The number of para-hydroxylation sites is 2. The van der Waals surface area contributed by atoms with Crippen LogP contribution in [0.3, 0.4) is 0 Å². The summed E-state index contributed by atoms with van der Waals surface area (Å²) >= 11 is 0. The highest BCUT2D eigenvalue weighted by Gasteiger charge is 2.30. The molecule has 2 heterocycles. The molecule has 0 saturated heterocycles. The van der Waals surface area contributed by atoms with E-state index < -0.39 is 0 Å². The minimum Gasteiger partial charge on any atom is -0.309 e. The van der Waals surface area contributed by atoms with Gasteiger partial charge in [0.2, 0.25) is 0 Å². The monoisotopic (exact) mass is 637 g/mol. The summed E-state index contributed by atoms with van der Waals surface area (Å²) in [4.78, 5) is 10.7. The van der Waals surface area contributed by atoms with Gasteiger partial charge in [-0.2, -0.15) is 0 Å². The second kappa shape index (κ2) is 11.5. The van der Waals surface area contributed by atoms with E-state index in [2.05, 4.69) is 174 Å². The van der Waals surface area contributed by atoms with Crippen LogP contribution >= 0.6 is 0 Å². The maximum Gasteiger partial charge on any atom is 0.162 e.